The lowest BCUT2D eigenvalue weighted by Gasteiger charge is -2.02. The van der Waals surface area contributed by atoms with Crippen LogP contribution in [0.1, 0.15) is 14.5 Å². The maximum absolute atomic E-state index is 10.6. The number of carbonyl (C=O) groups is 1. The van der Waals surface area contributed by atoms with Gasteiger partial charge >= 0.3 is 0 Å². The molecule has 0 saturated carbocycles. The number of aldehydes is 1. The third-order valence-electron chi connectivity index (χ3n) is 1.36. The number of benzene rings is 1. The van der Waals surface area contributed by atoms with Gasteiger partial charge in [-0.1, -0.05) is 12.1 Å². The van der Waals surface area contributed by atoms with Gasteiger partial charge < -0.3 is 4.74 Å². The first-order valence-corrected chi connectivity index (χ1v) is 3.12. The minimum atomic E-state index is -2.63. The molecule has 0 aromatic heterocycles. The average Bonchev–Trinajstić information content (AvgIpc) is 2.15. The van der Waals surface area contributed by atoms with E-state index in [1.54, 1.807) is 0 Å². The van der Waals surface area contributed by atoms with E-state index in [1.165, 1.54) is 18.2 Å². The van der Waals surface area contributed by atoms with E-state index in [2.05, 4.69) is 9.58 Å². The molecule has 0 atom stereocenters. The Morgan fingerprint density at radius 3 is 3.17 bits per heavy atom. The van der Waals surface area contributed by atoms with E-state index in [0.29, 0.717) is 6.29 Å². The summed E-state index contributed by atoms with van der Waals surface area (Å²) in [5, 5.41) is 0. The van der Waals surface area contributed by atoms with Crippen LogP contribution in [0.2, 0.25) is 0 Å². The number of nitrogens with zero attached hydrogens (tertiary/aromatic N) is 1. The summed E-state index contributed by atoms with van der Waals surface area (Å²) in [6.45, 7) is 6.74. The lowest BCUT2D eigenvalue weighted by Crippen LogP contribution is -1.88. The third-order valence-corrected chi connectivity index (χ3v) is 1.36. The van der Waals surface area contributed by atoms with E-state index in [1.807, 2.05) is 0 Å². The molecule has 0 amide bonds. The maximum atomic E-state index is 10.6. The molecule has 0 unspecified atom stereocenters. The standard InChI is InChI=1S/C9H7NO2/c1-10-8-4-3-7(6-11)9(5-8)12-2/h3-6H,2H3/i2D3. The van der Waals surface area contributed by atoms with Gasteiger partial charge in [0, 0.05) is 0 Å². The van der Waals surface area contributed by atoms with Crippen molar-refractivity contribution in [1.29, 1.82) is 0 Å². The SMILES string of the molecule is [2H]C([2H])([2H])Oc1cc([N+]#[C-])ccc1C=O. The van der Waals surface area contributed by atoms with Gasteiger partial charge in [-0.2, -0.15) is 0 Å². The molecule has 3 heteroatoms. The van der Waals surface area contributed by atoms with E-state index >= 15 is 0 Å². The van der Waals surface area contributed by atoms with Gasteiger partial charge in [0.1, 0.15) is 5.75 Å². The topological polar surface area (TPSA) is 30.7 Å². The third kappa shape index (κ3) is 1.43. The molecule has 0 aliphatic rings. The molecule has 12 heavy (non-hydrogen) atoms. The molecule has 0 fully saturated rings. The zero-order valence-corrected chi connectivity index (χ0v) is 6.07. The zero-order valence-electron chi connectivity index (χ0n) is 9.07. The number of methoxy groups -OCH3 is 1. The van der Waals surface area contributed by atoms with Gasteiger partial charge in [0.05, 0.1) is 23.3 Å². The summed E-state index contributed by atoms with van der Waals surface area (Å²) in [5.41, 5.74) is 0.332. The van der Waals surface area contributed by atoms with Gasteiger partial charge in [-0.15, -0.1) is 0 Å². The van der Waals surface area contributed by atoms with Gasteiger partial charge in [0.15, 0.2) is 12.0 Å². The van der Waals surface area contributed by atoms with Gasteiger partial charge in [0.2, 0.25) is 0 Å². The average molecular weight is 164 g/mol. The highest BCUT2D eigenvalue weighted by Gasteiger charge is 2.01. The summed E-state index contributed by atoms with van der Waals surface area (Å²) in [6.07, 6.45) is 0.481. The Labute approximate surface area is 74.6 Å². The molecule has 60 valence electrons. The molecule has 0 bridgehead atoms. The Hall–Kier alpha value is -1.82. The molecule has 3 nitrogen and oxygen atoms in total. The predicted molar refractivity (Wildman–Crippen MR) is 44.6 cm³/mol. The second-order valence-corrected chi connectivity index (χ2v) is 2.05. The predicted octanol–water partition coefficient (Wildman–Crippen LogP) is 2.06. The van der Waals surface area contributed by atoms with Crippen LogP contribution in [0.5, 0.6) is 5.75 Å². The quantitative estimate of drug-likeness (QED) is 0.494. The number of carbonyl (C=O) groups excluding carboxylic acids is 1. The summed E-state index contributed by atoms with van der Waals surface area (Å²) in [4.78, 5) is 13.7. The van der Waals surface area contributed by atoms with Crippen LogP contribution in [0.15, 0.2) is 18.2 Å². The normalized spacial score (nSPS) is 13.4. The summed E-state index contributed by atoms with van der Waals surface area (Å²) in [7, 11) is -2.63. The summed E-state index contributed by atoms with van der Waals surface area (Å²) >= 11 is 0. The molecule has 1 aromatic rings. The molecule has 0 aliphatic heterocycles. The Bertz CT molecular complexity index is 420. The highest BCUT2D eigenvalue weighted by Crippen LogP contribution is 2.23. The molecular formula is C9H7NO2. The first-order valence-electron chi connectivity index (χ1n) is 4.62. The fourth-order valence-electron chi connectivity index (χ4n) is 0.778. The Kier molecular flexibility index (Phi) is 1.46. The lowest BCUT2D eigenvalue weighted by atomic mass is 10.2. The summed E-state index contributed by atoms with van der Waals surface area (Å²) < 4.78 is 25.3. The molecule has 0 spiro atoms. The molecule has 1 aromatic carbocycles. The molecule has 1 rings (SSSR count). The lowest BCUT2D eigenvalue weighted by molar-refractivity contribution is 0.112. The van der Waals surface area contributed by atoms with Crippen molar-refractivity contribution in [2.75, 3.05) is 7.04 Å². The van der Waals surface area contributed by atoms with Crippen LogP contribution in [0.4, 0.5) is 5.69 Å². The largest absolute Gasteiger partial charge is 0.497 e. The van der Waals surface area contributed by atoms with E-state index < -0.39 is 7.04 Å². The van der Waals surface area contributed by atoms with Crippen LogP contribution >= 0.6 is 0 Å². The summed E-state index contributed by atoms with van der Waals surface area (Å²) in [6, 6.07) is 3.99. The van der Waals surface area contributed by atoms with Crippen molar-refractivity contribution in [3.05, 3.63) is 35.2 Å². The Balaban J connectivity index is 3.13. The van der Waals surface area contributed by atoms with Crippen molar-refractivity contribution in [1.82, 2.24) is 0 Å². The first-order chi connectivity index (χ1) is 6.96. The minimum Gasteiger partial charge on any atom is -0.497 e. The van der Waals surface area contributed by atoms with Crippen molar-refractivity contribution in [3.63, 3.8) is 0 Å². The number of ether oxygens (including phenoxy) is 1. The number of rotatable bonds is 2. The second-order valence-electron chi connectivity index (χ2n) is 2.05. The van der Waals surface area contributed by atoms with E-state index in [-0.39, 0.29) is 17.0 Å². The van der Waals surface area contributed by atoms with Crippen LogP contribution in [0, 0.1) is 6.57 Å². The first kappa shape index (κ1) is 4.94. The number of hydrogen-bond acceptors (Lipinski definition) is 2. The Morgan fingerprint density at radius 1 is 1.75 bits per heavy atom. The molecular weight excluding hydrogens is 154 g/mol. The molecule has 0 aliphatic carbocycles. The molecule has 0 radical (unpaired) electrons. The number of hydrogen-bond donors (Lipinski definition) is 0. The van der Waals surface area contributed by atoms with Crippen LogP contribution in [-0.4, -0.2) is 13.3 Å². The van der Waals surface area contributed by atoms with Crippen molar-refractivity contribution in [3.8, 4) is 5.75 Å². The van der Waals surface area contributed by atoms with E-state index in [0.717, 1.165) is 0 Å². The Morgan fingerprint density at radius 2 is 2.58 bits per heavy atom. The van der Waals surface area contributed by atoms with Crippen molar-refractivity contribution >= 4 is 12.0 Å². The fraction of sp³-hybridized carbons (Fsp3) is 0.111. The van der Waals surface area contributed by atoms with Crippen LogP contribution in [-0.2, 0) is 0 Å². The van der Waals surface area contributed by atoms with Gasteiger partial charge in [-0.05, 0) is 6.07 Å². The van der Waals surface area contributed by atoms with E-state index in [9.17, 15) is 4.79 Å². The van der Waals surface area contributed by atoms with Crippen LogP contribution in [0.25, 0.3) is 4.85 Å². The fourth-order valence-corrected chi connectivity index (χ4v) is 0.778. The minimum absolute atomic E-state index is 0.0986. The maximum Gasteiger partial charge on any atom is 0.190 e. The highest BCUT2D eigenvalue weighted by atomic mass is 16.5. The van der Waals surface area contributed by atoms with Crippen molar-refractivity contribution < 1.29 is 13.6 Å². The monoisotopic (exact) mass is 164 g/mol. The summed E-state index contributed by atoms with van der Waals surface area (Å²) in [5.74, 6) is -0.0986. The van der Waals surface area contributed by atoms with Gasteiger partial charge in [-0.25, -0.2) is 4.85 Å². The second kappa shape index (κ2) is 3.54. The van der Waals surface area contributed by atoms with Gasteiger partial charge in [-0.3, -0.25) is 4.79 Å². The smallest absolute Gasteiger partial charge is 0.190 e. The molecule has 0 N–H and O–H groups in total. The van der Waals surface area contributed by atoms with Crippen molar-refractivity contribution in [2.45, 2.75) is 0 Å². The van der Waals surface area contributed by atoms with Crippen LogP contribution < -0.4 is 4.74 Å². The molecule has 0 saturated heterocycles. The van der Waals surface area contributed by atoms with Crippen molar-refractivity contribution in [2.24, 2.45) is 0 Å². The highest BCUT2D eigenvalue weighted by molar-refractivity contribution is 5.80. The molecule has 0 heterocycles. The zero-order chi connectivity index (χ0) is 11.5. The van der Waals surface area contributed by atoms with E-state index in [4.69, 9.17) is 10.7 Å². The van der Waals surface area contributed by atoms with Gasteiger partial charge in [0.25, 0.3) is 0 Å². The van der Waals surface area contributed by atoms with Crippen LogP contribution in [0.3, 0.4) is 0 Å².